The smallest absolute Gasteiger partial charge is 0.224 e. The van der Waals surface area contributed by atoms with E-state index in [1.54, 1.807) is 23.1 Å². The highest BCUT2D eigenvalue weighted by Crippen LogP contribution is 2.24. The third kappa shape index (κ3) is 3.44. The van der Waals surface area contributed by atoms with Gasteiger partial charge >= 0.3 is 0 Å². The van der Waals surface area contributed by atoms with E-state index >= 15 is 0 Å². The van der Waals surface area contributed by atoms with Crippen LogP contribution in [0, 0.1) is 6.92 Å². The number of hydrogen-bond acceptors (Lipinski definition) is 7. The van der Waals surface area contributed by atoms with E-state index in [2.05, 4.69) is 20.2 Å². The predicted octanol–water partition coefficient (Wildman–Crippen LogP) is 2.22. The van der Waals surface area contributed by atoms with E-state index in [4.69, 9.17) is 0 Å². The Hall–Kier alpha value is -1.54. The minimum absolute atomic E-state index is 0.157. The monoisotopic (exact) mass is 335 g/mol. The molecule has 0 aliphatic carbocycles. The van der Waals surface area contributed by atoms with Crippen molar-refractivity contribution in [3.05, 3.63) is 28.3 Å². The van der Waals surface area contributed by atoms with Crippen LogP contribution in [0.4, 0.5) is 0 Å². The Bertz CT molecular complexity index is 688. The average molecular weight is 335 g/mol. The second kappa shape index (κ2) is 6.70. The van der Waals surface area contributed by atoms with Gasteiger partial charge in [0.1, 0.15) is 10.8 Å². The molecule has 0 saturated carbocycles. The van der Waals surface area contributed by atoms with Gasteiger partial charge in [0.05, 0.1) is 12.2 Å². The summed E-state index contributed by atoms with van der Waals surface area (Å²) in [5.41, 5.74) is 2.06. The van der Waals surface area contributed by atoms with E-state index in [0.717, 1.165) is 38.6 Å². The van der Waals surface area contributed by atoms with Crippen LogP contribution >= 0.6 is 23.1 Å². The zero-order chi connectivity index (χ0) is 15.5. The molecule has 0 aromatic carbocycles. The molecule has 0 unspecified atom stereocenters. The maximum absolute atomic E-state index is 12.3. The van der Waals surface area contributed by atoms with Crippen LogP contribution in [0.25, 0.3) is 0 Å². The van der Waals surface area contributed by atoms with Gasteiger partial charge in [0.15, 0.2) is 4.34 Å². The maximum atomic E-state index is 12.3. The topological polar surface area (TPSA) is 71.9 Å². The Morgan fingerprint density at radius 2 is 2.27 bits per heavy atom. The lowest BCUT2D eigenvalue weighted by Crippen LogP contribution is -2.25. The molecule has 0 radical (unpaired) electrons. The Morgan fingerprint density at radius 3 is 3.00 bits per heavy atom. The zero-order valence-corrected chi connectivity index (χ0v) is 14.2. The molecule has 2 aromatic heterocycles. The van der Waals surface area contributed by atoms with Gasteiger partial charge in [0, 0.05) is 36.9 Å². The van der Waals surface area contributed by atoms with E-state index in [-0.39, 0.29) is 5.91 Å². The van der Waals surface area contributed by atoms with Gasteiger partial charge in [0.2, 0.25) is 5.91 Å². The lowest BCUT2D eigenvalue weighted by atomic mass is 10.3. The molecule has 3 heterocycles. The maximum Gasteiger partial charge on any atom is 0.224 e. The number of thioether (sulfide) groups is 1. The number of aryl methyl sites for hydroxylation is 2. The molecule has 1 amide bonds. The molecule has 0 fully saturated rings. The molecular formula is C14H17N5OS2. The zero-order valence-electron chi connectivity index (χ0n) is 12.6. The summed E-state index contributed by atoms with van der Waals surface area (Å²) in [7, 11) is 0. The number of fused-ring (bicyclic) bond motifs is 1. The predicted molar refractivity (Wildman–Crippen MR) is 85.7 cm³/mol. The fourth-order valence-corrected chi connectivity index (χ4v) is 4.08. The third-order valence-corrected chi connectivity index (χ3v) is 5.40. The van der Waals surface area contributed by atoms with Crippen molar-refractivity contribution in [3.63, 3.8) is 0 Å². The van der Waals surface area contributed by atoms with Crippen LogP contribution in [0.3, 0.4) is 0 Å². The van der Waals surface area contributed by atoms with Crippen molar-refractivity contribution >= 4 is 29.0 Å². The Morgan fingerprint density at radius 1 is 1.41 bits per heavy atom. The fraction of sp³-hybridized carbons (Fsp3) is 0.500. The largest absolute Gasteiger partial charge is 0.332 e. The third-order valence-electron chi connectivity index (χ3n) is 3.42. The lowest BCUT2D eigenvalue weighted by Gasteiger charge is -2.14. The molecule has 1 aliphatic rings. The van der Waals surface area contributed by atoms with Gasteiger partial charge in [0.25, 0.3) is 0 Å². The Kier molecular flexibility index (Phi) is 4.68. The highest BCUT2D eigenvalue weighted by Gasteiger charge is 2.24. The number of nitrogens with zero attached hydrogens (tertiary/aromatic N) is 5. The summed E-state index contributed by atoms with van der Waals surface area (Å²) < 4.78 is 0.925. The molecule has 2 aromatic rings. The van der Waals surface area contributed by atoms with Gasteiger partial charge in [-0.2, -0.15) is 0 Å². The second-order valence-corrected chi connectivity index (χ2v) is 7.57. The lowest BCUT2D eigenvalue weighted by molar-refractivity contribution is -0.131. The summed E-state index contributed by atoms with van der Waals surface area (Å²) in [6.07, 6.45) is 3.18. The molecule has 116 valence electrons. The fourth-order valence-electron chi connectivity index (χ4n) is 2.26. The molecule has 0 atom stereocenters. The van der Waals surface area contributed by atoms with Crippen LogP contribution in [0.2, 0.25) is 0 Å². The Labute approximate surface area is 137 Å². The number of aromatic nitrogens is 4. The van der Waals surface area contributed by atoms with Gasteiger partial charge < -0.3 is 4.90 Å². The number of amides is 1. The van der Waals surface area contributed by atoms with Crippen molar-refractivity contribution in [1.29, 1.82) is 0 Å². The second-order valence-electron chi connectivity index (χ2n) is 5.05. The van der Waals surface area contributed by atoms with Gasteiger partial charge in [-0.05, 0) is 6.92 Å². The highest BCUT2D eigenvalue weighted by atomic mass is 32.2. The normalized spacial score (nSPS) is 13.5. The highest BCUT2D eigenvalue weighted by molar-refractivity contribution is 8.01. The van der Waals surface area contributed by atoms with Gasteiger partial charge in [-0.3, -0.25) is 4.79 Å². The van der Waals surface area contributed by atoms with Gasteiger partial charge in [-0.15, -0.1) is 10.2 Å². The molecule has 0 spiro atoms. The van der Waals surface area contributed by atoms with Crippen molar-refractivity contribution < 1.29 is 4.79 Å². The summed E-state index contributed by atoms with van der Waals surface area (Å²) in [5.74, 6) is 1.73. The van der Waals surface area contributed by atoms with E-state index < -0.39 is 0 Å². The van der Waals surface area contributed by atoms with Crippen LogP contribution in [-0.2, 0) is 24.3 Å². The summed E-state index contributed by atoms with van der Waals surface area (Å²) in [6.45, 7) is 5.19. The molecule has 22 heavy (non-hydrogen) atoms. The van der Waals surface area contributed by atoms with Crippen molar-refractivity contribution in [2.24, 2.45) is 0 Å². The summed E-state index contributed by atoms with van der Waals surface area (Å²) in [4.78, 5) is 23.0. The van der Waals surface area contributed by atoms with Crippen molar-refractivity contribution in [2.75, 3.05) is 5.75 Å². The van der Waals surface area contributed by atoms with Crippen molar-refractivity contribution in [3.8, 4) is 0 Å². The number of hydrogen-bond donors (Lipinski definition) is 0. The number of rotatable bonds is 5. The standard InChI is InChI=1S/C14H17N5OS2/c1-3-12-15-6-10-7-19(8-11(10)16-12)13(20)4-5-21-14-18-17-9(2)22-14/h6H,3-5,7-8H2,1-2H3. The molecule has 0 N–H and O–H groups in total. The Balaban J connectivity index is 1.51. The number of carbonyl (C=O) groups is 1. The summed E-state index contributed by atoms with van der Waals surface area (Å²) in [5, 5.41) is 8.98. The first-order valence-corrected chi connectivity index (χ1v) is 9.00. The SMILES string of the molecule is CCc1ncc2c(n1)CN(C(=O)CCSc1nnc(C)s1)C2. The molecule has 6 nitrogen and oxygen atoms in total. The molecule has 3 rings (SSSR count). The van der Waals surface area contributed by atoms with Crippen molar-refractivity contribution in [1.82, 2.24) is 25.1 Å². The first-order valence-electron chi connectivity index (χ1n) is 7.20. The first kappa shape index (κ1) is 15.4. The van der Waals surface area contributed by atoms with E-state index in [9.17, 15) is 4.79 Å². The molecular weight excluding hydrogens is 318 g/mol. The quantitative estimate of drug-likeness (QED) is 0.780. The van der Waals surface area contributed by atoms with Crippen LogP contribution in [0.5, 0.6) is 0 Å². The van der Waals surface area contributed by atoms with E-state index in [1.165, 1.54) is 0 Å². The molecule has 0 saturated heterocycles. The van der Waals surface area contributed by atoms with Crippen LogP contribution in [0.15, 0.2) is 10.5 Å². The van der Waals surface area contributed by atoms with Gasteiger partial charge in [-0.25, -0.2) is 9.97 Å². The van der Waals surface area contributed by atoms with Crippen LogP contribution < -0.4 is 0 Å². The minimum atomic E-state index is 0.157. The minimum Gasteiger partial charge on any atom is -0.332 e. The van der Waals surface area contributed by atoms with E-state index in [0.29, 0.717) is 19.5 Å². The number of carbonyl (C=O) groups excluding carboxylic acids is 1. The molecule has 1 aliphatic heterocycles. The van der Waals surface area contributed by atoms with E-state index in [1.807, 2.05) is 24.9 Å². The average Bonchev–Trinajstić information content (AvgIpc) is 3.12. The van der Waals surface area contributed by atoms with Crippen LogP contribution in [0.1, 0.15) is 35.4 Å². The molecule has 0 bridgehead atoms. The van der Waals surface area contributed by atoms with Crippen molar-refractivity contribution in [2.45, 2.75) is 44.1 Å². The summed E-state index contributed by atoms with van der Waals surface area (Å²) >= 11 is 3.15. The molecule has 8 heteroatoms. The summed E-state index contributed by atoms with van der Waals surface area (Å²) in [6, 6.07) is 0. The first-order chi connectivity index (χ1) is 10.7. The van der Waals surface area contributed by atoms with Gasteiger partial charge in [-0.1, -0.05) is 30.0 Å². The van der Waals surface area contributed by atoms with Crippen LogP contribution in [-0.4, -0.2) is 36.7 Å².